The van der Waals surface area contributed by atoms with Crippen molar-refractivity contribution in [2.45, 2.75) is 56.3 Å². The van der Waals surface area contributed by atoms with Crippen LogP contribution in [0.4, 0.5) is 0 Å². The van der Waals surface area contributed by atoms with Gasteiger partial charge in [-0.15, -0.1) is 0 Å². The van der Waals surface area contributed by atoms with Crippen LogP contribution < -0.4 is 0 Å². The van der Waals surface area contributed by atoms with Crippen LogP contribution in [0.5, 0.6) is 11.5 Å². The minimum absolute atomic E-state index is 0.0541. The first kappa shape index (κ1) is 21.9. The van der Waals surface area contributed by atoms with Crippen molar-refractivity contribution in [1.82, 2.24) is 0 Å². The minimum atomic E-state index is -1.67. The molecule has 1 aliphatic carbocycles. The zero-order chi connectivity index (χ0) is 22.6. The number of aromatic hydroxyl groups is 2. The number of aliphatic hydroxyl groups is 5. The average Bonchev–Trinajstić information content (AvgIpc) is 2.71. The Morgan fingerprint density at radius 2 is 1.77 bits per heavy atom. The van der Waals surface area contributed by atoms with Gasteiger partial charge in [-0.05, 0) is 35.6 Å². The van der Waals surface area contributed by atoms with Crippen molar-refractivity contribution < 1.29 is 50.0 Å². The van der Waals surface area contributed by atoms with Crippen molar-refractivity contribution in [3.8, 4) is 11.5 Å². The number of aliphatic hydroxyl groups excluding tert-OH is 5. The molecule has 1 saturated heterocycles. The summed E-state index contributed by atoms with van der Waals surface area (Å²) < 4.78 is 11.1. The maximum absolute atomic E-state index is 12.6. The van der Waals surface area contributed by atoms with E-state index in [9.17, 15) is 40.5 Å². The van der Waals surface area contributed by atoms with Crippen LogP contribution in [0.3, 0.4) is 0 Å². The smallest absolute Gasteiger partial charge is 0.195 e. The molecule has 0 unspecified atom stereocenters. The van der Waals surface area contributed by atoms with Crippen molar-refractivity contribution in [3.05, 3.63) is 34.9 Å². The standard InChI is InChI=1S/C21H24O10/c1-7-2-8-4-9-12(30-21-20(29)19(28)17(26)13(6-22)31-21)5-11(24)16(25)15(9)18(27)14(8)10(23)3-7/h2-4,11-13,17,19-24,26-29H,5-6H2,1H3/t11-,12-,13+,17+,19-,20+,21+/m0/s1. The molecule has 2 aliphatic rings. The predicted molar refractivity (Wildman–Crippen MR) is 105 cm³/mol. The number of ketones is 1. The number of fused-ring (bicyclic) bond motifs is 2. The molecule has 10 heteroatoms. The van der Waals surface area contributed by atoms with E-state index < -0.39 is 61.1 Å². The Labute approximate surface area is 176 Å². The zero-order valence-electron chi connectivity index (χ0n) is 16.5. The lowest BCUT2D eigenvalue weighted by Crippen LogP contribution is -2.59. The maximum atomic E-state index is 12.6. The Balaban J connectivity index is 1.78. The first-order valence-electron chi connectivity index (χ1n) is 9.81. The second-order valence-corrected chi connectivity index (χ2v) is 8.01. The largest absolute Gasteiger partial charge is 0.507 e. The first-order chi connectivity index (χ1) is 14.6. The van der Waals surface area contributed by atoms with E-state index in [-0.39, 0.29) is 28.7 Å². The summed E-state index contributed by atoms with van der Waals surface area (Å²) in [6.45, 7) is 1.10. The quantitative estimate of drug-likeness (QED) is 0.328. The summed E-state index contributed by atoms with van der Waals surface area (Å²) in [6, 6.07) is 4.66. The summed E-state index contributed by atoms with van der Waals surface area (Å²) in [5.41, 5.74) is 0.695. The summed E-state index contributed by atoms with van der Waals surface area (Å²) in [5, 5.41) is 71.3. The molecule has 0 bridgehead atoms. The van der Waals surface area contributed by atoms with Gasteiger partial charge in [0.2, 0.25) is 0 Å². The molecular formula is C21H24O10. The monoisotopic (exact) mass is 436 g/mol. The number of benzene rings is 2. The fourth-order valence-electron chi connectivity index (χ4n) is 4.25. The van der Waals surface area contributed by atoms with Crippen LogP contribution in [0.15, 0.2) is 18.2 Å². The van der Waals surface area contributed by atoms with Crippen LogP contribution in [0.1, 0.15) is 34.0 Å². The summed E-state index contributed by atoms with van der Waals surface area (Å²) >= 11 is 0. The summed E-state index contributed by atoms with van der Waals surface area (Å²) in [5.74, 6) is -1.48. The number of rotatable bonds is 3. The van der Waals surface area contributed by atoms with Gasteiger partial charge in [0, 0.05) is 6.42 Å². The van der Waals surface area contributed by atoms with Crippen molar-refractivity contribution in [2.24, 2.45) is 0 Å². The Hall–Kier alpha value is -2.31. The molecule has 2 aromatic rings. The molecule has 0 amide bonds. The second-order valence-electron chi connectivity index (χ2n) is 8.01. The maximum Gasteiger partial charge on any atom is 0.195 e. The van der Waals surface area contributed by atoms with Gasteiger partial charge >= 0.3 is 0 Å². The van der Waals surface area contributed by atoms with E-state index in [1.807, 2.05) is 0 Å². The number of phenols is 2. The number of hydrogen-bond donors (Lipinski definition) is 7. The third kappa shape index (κ3) is 3.56. The average molecular weight is 436 g/mol. The van der Waals surface area contributed by atoms with E-state index in [0.717, 1.165) is 0 Å². The molecule has 1 fully saturated rings. The van der Waals surface area contributed by atoms with Gasteiger partial charge in [0.1, 0.15) is 42.0 Å². The van der Waals surface area contributed by atoms with E-state index in [1.54, 1.807) is 13.0 Å². The van der Waals surface area contributed by atoms with Gasteiger partial charge in [-0.3, -0.25) is 4.79 Å². The van der Waals surface area contributed by atoms with E-state index in [4.69, 9.17) is 9.47 Å². The molecule has 7 N–H and O–H groups in total. The van der Waals surface area contributed by atoms with Crippen LogP contribution in [0.2, 0.25) is 0 Å². The van der Waals surface area contributed by atoms with Gasteiger partial charge in [0.05, 0.1) is 23.7 Å². The molecule has 1 aliphatic heterocycles. The van der Waals surface area contributed by atoms with Gasteiger partial charge in [-0.1, -0.05) is 6.07 Å². The number of carbonyl (C=O) groups excluding carboxylic acids is 1. The lowest BCUT2D eigenvalue weighted by atomic mass is 9.83. The molecule has 1 heterocycles. The SMILES string of the molecule is Cc1cc(O)c2c(O)c3c(cc2c1)[C@@H](O[C@@H]1O[C@H](CO)[C@@H](O)[C@H](O)[C@H]1O)C[C@H](O)C3=O. The predicted octanol–water partition coefficient (Wildman–Crippen LogP) is -0.636. The van der Waals surface area contributed by atoms with E-state index in [2.05, 4.69) is 0 Å². The second kappa shape index (κ2) is 7.99. The highest BCUT2D eigenvalue weighted by atomic mass is 16.7. The molecule has 0 radical (unpaired) electrons. The molecule has 4 rings (SSSR count). The summed E-state index contributed by atoms with van der Waals surface area (Å²) in [4.78, 5) is 12.6. The third-order valence-corrected chi connectivity index (χ3v) is 5.85. The Bertz CT molecular complexity index is 1020. The lowest BCUT2D eigenvalue weighted by Gasteiger charge is -2.41. The zero-order valence-corrected chi connectivity index (χ0v) is 16.5. The molecule has 7 atom stereocenters. The van der Waals surface area contributed by atoms with E-state index in [1.165, 1.54) is 12.1 Å². The molecule has 0 spiro atoms. The van der Waals surface area contributed by atoms with Gasteiger partial charge in [-0.25, -0.2) is 0 Å². The van der Waals surface area contributed by atoms with Crippen molar-refractivity contribution in [1.29, 1.82) is 0 Å². The number of hydrogen-bond acceptors (Lipinski definition) is 10. The molecule has 10 nitrogen and oxygen atoms in total. The number of ether oxygens (including phenoxy) is 2. The van der Waals surface area contributed by atoms with Crippen LogP contribution in [-0.2, 0) is 9.47 Å². The highest BCUT2D eigenvalue weighted by Crippen LogP contribution is 2.45. The lowest BCUT2D eigenvalue weighted by molar-refractivity contribution is -0.313. The summed E-state index contributed by atoms with van der Waals surface area (Å²) in [6.07, 6.45) is -10.4. The number of Topliss-reactive ketones (excluding diaryl/α,β-unsaturated/α-hetero) is 1. The fraction of sp³-hybridized carbons (Fsp3) is 0.476. The van der Waals surface area contributed by atoms with Crippen LogP contribution in [0, 0.1) is 6.92 Å². The molecule has 0 saturated carbocycles. The van der Waals surface area contributed by atoms with Crippen LogP contribution in [0.25, 0.3) is 10.8 Å². The van der Waals surface area contributed by atoms with E-state index >= 15 is 0 Å². The highest BCUT2D eigenvalue weighted by molar-refractivity contribution is 6.10. The Morgan fingerprint density at radius 3 is 2.45 bits per heavy atom. The molecular weight excluding hydrogens is 412 g/mol. The molecule has 0 aromatic heterocycles. The topological polar surface area (TPSA) is 177 Å². The van der Waals surface area contributed by atoms with Crippen LogP contribution >= 0.6 is 0 Å². The first-order valence-corrected chi connectivity index (χ1v) is 9.81. The number of phenolic OH excluding ortho intramolecular Hbond substituents is 2. The fourth-order valence-corrected chi connectivity index (χ4v) is 4.25. The minimum Gasteiger partial charge on any atom is -0.507 e. The molecule has 2 aromatic carbocycles. The van der Waals surface area contributed by atoms with Crippen molar-refractivity contribution in [2.75, 3.05) is 6.61 Å². The summed E-state index contributed by atoms with van der Waals surface area (Å²) in [7, 11) is 0. The number of aryl methyl sites for hydroxylation is 1. The van der Waals surface area contributed by atoms with Gasteiger partial charge in [-0.2, -0.15) is 0 Å². The molecule has 31 heavy (non-hydrogen) atoms. The van der Waals surface area contributed by atoms with Gasteiger partial charge in [0.15, 0.2) is 12.1 Å². The Kier molecular flexibility index (Phi) is 5.64. The van der Waals surface area contributed by atoms with Crippen molar-refractivity contribution >= 4 is 16.6 Å². The van der Waals surface area contributed by atoms with E-state index in [0.29, 0.717) is 10.9 Å². The number of carbonyl (C=O) groups is 1. The highest BCUT2D eigenvalue weighted by Gasteiger charge is 2.46. The normalized spacial score (nSPS) is 33.5. The van der Waals surface area contributed by atoms with Crippen molar-refractivity contribution in [3.63, 3.8) is 0 Å². The molecule has 168 valence electrons. The van der Waals surface area contributed by atoms with Crippen LogP contribution in [-0.4, -0.2) is 84.9 Å². The Morgan fingerprint density at radius 1 is 1.06 bits per heavy atom. The van der Waals surface area contributed by atoms with Gasteiger partial charge in [0.25, 0.3) is 0 Å². The third-order valence-electron chi connectivity index (χ3n) is 5.85. The van der Waals surface area contributed by atoms with Gasteiger partial charge < -0.3 is 45.2 Å².